The first kappa shape index (κ1) is 25.3. The number of anilines is 1. The summed E-state index contributed by atoms with van der Waals surface area (Å²) in [5, 5.41) is 2.16. The summed E-state index contributed by atoms with van der Waals surface area (Å²) in [6.45, 7) is 0.283. The van der Waals surface area contributed by atoms with Crippen LogP contribution >= 0.6 is 0 Å². The van der Waals surface area contributed by atoms with Crippen molar-refractivity contribution < 1.29 is 41.0 Å². The van der Waals surface area contributed by atoms with Crippen molar-refractivity contribution in [2.75, 3.05) is 45.3 Å². The van der Waals surface area contributed by atoms with Gasteiger partial charge in [-0.25, -0.2) is 22.0 Å². The SMILES string of the molecule is COc1ccc(/C=C/C(=O)OCC(=O)Nc2ccc(F)cc2F)cc1S(=O)(=O)N1CCOCC1. The average Bonchev–Trinajstić information content (AvgIpc) is 2.83. The summed E-state index contributed by atoms with van der Waals surface area (Å²) in [6.07, 6.45) is 2.33. The van der Waals surface area contributed by atoms with Crippen molar-refractivity contribution in [1.29, 1.82) is 0 Å². The normalized spacial score (nSPS) is 14.7. The number of ether oxygens (including phenoxy) is 3. The number of methoxy groups -OCH3 is 1. The van der Waals surface area contributed by atoms with Crippen molar-refractivity contribution in [3.63, 3.8) is 0 Å². The third-order valence-corrected chi connectivity index (χ3v) is 6.66. The van der Waals surface area contributed by atoms with E-state index < -0.39 is 40.1 Å². The van der Waals surface area contributed by atoms with E-state index in [0.29, 0.717) is 11.6 Å². The van der Waals surface area contributed by atoms with Crippen molar-refractivity contribution in [3.05, 3.63) is 59.7 Å². The lowest BCUT2D eigenvalue weighted by atomic mass is 10.2. The molecule has 0 atom stereocenters. The maximum atomic E-state index is 13.6. The number of nitrogens with zero attached hydrogens (tertiary/aromatic N) is 1. The van der Waals surface area contributed by atoms with Crippen molar-refractivity contribution in [3.8, 4) is 5.75 Å². The molecular weight excluding hydrogens is 474 g/mol. The maximum Gasteiger partial charge on any atom is 0.331 e. The first-order valence-electron chi connectivity index (χ1n) is 10.1. The van der Waals surface area contributed by atoms with E-state index in [4.69, 9.17) is 14.2 Å². The summed E-state index contributed by atoms with van der Waals surface area (Å²) in [6, 6.07) is 6.98. The summed E-state index contributed by atoms with van der Waals surface area (Å²) in [4.78, 5) is 23.7. The molecule has 0 spiro atoms. The molecule has 0 bridgehead atoms. The molecule has 1 aliphatic rings. The van der Waals surface area contributed by atoms with Crippen LogP contribution in [0, 0.1) is 11.6 Å². The number of sulfonamides is 1. The van der Waals surface area contributed by atoms with Gasteiger partial charge in [0.25, 0.3) is 5.91 Å². The fourth-order valence-electron chi connectivity index (χ4n) is 3.05. The molecule has 2 aromatic carbocycles. The van der Waals surface area contributed by atoms with Crippen molar-refractivity contribution in [2.24, 2.45) is 0 Å². The van der Waals surface area contributed by atoms with Crippen LogP contribution in [0.1, 0.15) is 5.56 Å². The molecule has 9 nitrogen and oxygen atoms in total. The number of hydrogen-bond donors (Lipinski definition) is 1. The molecule has 0 radical (unpaired) electrons. The van der Waals surface area contributed by atoms with E-state index in [1.54, 1.807) is 6.07 Å². The Kier molecular flexibility index (Phi) is 8.31. The van der Waals surface area contributed by atoms with Crippen LogP contribution in [0.4, 0.5) is 14.5 Å². The number of rotatable bonds is 8. The molecule has 0 unspecified atom stereocenters. The topological polar surface area (TPSA) is 111 Å². The monoisotopic (exact) mass is 496 g/mol. The minimum absolute atomic E-state index is 0.0619. The molecule has 0 saturated carbocycles. The highest BCUT2D eigenvalue weighted by Gasteiger charge is 2.29. The van der Waals surface area contributed by atoms with E-state index in [9.17, 15) is 26.8 Å². The van der Waals surface area contributed by atoms with E-state index in [-0.39, 0.29) is 42.6 Å². The van der Waals surface area contributed by atoms with Crippen LogP contribution in [0.3, 0.4) is 0 Å². The van der Waals surface area contributed by atoms with Crippen LogP contribution in [0.15, 0.2) is 47.4 Å². The van der Waals surface area contributed by atoms with Gasteiger partial charge < -0.3 is 19.5 Å². The fourth-order valence-corrected chi connectivity index (χ4v) is 4.65. The highest BCUT2D eigenvalue weighted by molar-refractivity contribution is 7.89. The minimum atomic E-state index is -3.85. The predicted octanol–water partition coefficient (Wildman–Crippen LogP) is 2.19. The lowest BCUT2D eigenvalue weighted by Crippen LogP contribution is -2.40. The second kappa shape index (κ2) is 11.2. The highest BCUT2D eigenvalue weighted by Crippen LogP contribution is 2.29. The molecule has 12 heteroatoms. The Bertz CT molecular complexity index is 1200. The lowest BCUT2D eigenvalue weighted by Gasteiger charge is -2.26. The van der Waals surface area contributed by atoms with Gasteiger partial charge in [0, 0.05) is 25.2 Å². The van der Waals surface area contributed by atoms with Crippen molar-refractivity contribution in [1.82, 2.24) is 4.31 Å². The first-order valence-corrected chi connectivity index (χ1v) is 11.5. The van der Waals surface area contributed by atoms with Crippen LogP contribution < -0.4 is 10.1 Å². The van der Waals surface area contributed by atoms with Crippen LogP contribution in [-0.2, 0) is 29.1 Å². The van der Waals surface area contributed by atoms with Crippen molar-refractivity contribution >= 4 is 33.7 Å². The van der Waals surface area contributed by atoms with Gasteiger partial charge in [0.05, 0.1) is 26.0 Å². The number of nitrogens with one attached hydrogen (secondary N) is 1. The molecule has 1 aliphatic heterocycles. The zero-order valence-electron chi connectivity index (χ0n) is 18.1. The lowest BCUT2D eigenvalue weighted by molar-refractivity contribution is -0.142. The van der Waals surface area contributed by atoms with Gasteiger partial charge in [-0.1, -0.05) is 6.07 Å². The van der Waals surface area contributed by atoms with Gasteiger partial charge in [-0.3, -0.25) is 4.79 Å². The molecule has 34 heavy (non-hydrogen) atoms. The molecular formula is C22H22F2N2O7S. The zero-order chi connectivity index (χ0) is 24.7. The highest BCUT2D eigenvalue weighted by atomic mass is 32.2. The van der Waals surface area contributed by atoms with Gasteiger partial charge >= 0.3 is 5.97 Å². The molecule has 0 aliphatic carbocycles. The Labute approximate surface area is 195 Å². The predicted molar refractivity (Wildman–Crippen MR) is 118 cm³/mol. The Morgan fingerprint density at radius 2 is 1.88 bits per heavy atom. The first-order chi connectivity index (χ1) is 16.2. The Balaban J connectivity index is 1.63. The summed E-state index contributed by atoms with van der Waals surface area (Å²) in [7, 11) is -2.50. The standard InChI is InChI=1S/C22H22F2N2O7S/c1-31-19-6-2-15(12-20(19)34(29,30)26-8-10-32-11-9-26)3-7-22(28)33-14-21(27)25-18-5-4-16(23)13-17(18)24/h2-7,12-13H,8-11,14H2,1H3,(H,25,27)/b7-3+. The smallest absolute Gasteiger partial charge is 0.331 e. The summed E-state index contributed by atoms with van der Waals surface area (Å²) < 4.78 is 69.0. The molecule has 1 amide bonds. The molecule has 182 valence electrons. The van der Waals surface area contributed by atoms with Gasteiger partial charge in [0.15, 0.2) is 6.61 Å². The molecule has 1 saturated heterocycles. The Hall–Kier alpha value is -3.35. The Morgan fingerprint density at radius 3 is 2.56 bits per heavy atom. The summed E-state index contributed by atoms with van der Waals surface area (Å²) in [5.41, 5.74) is 0.118. The zero-order valence-corrected chi connectivity index (χ0v) is 18.9. The summed E-state index contributed by atoms with van der Waals surface area (Å²) >= 11 is 0. The largest absolute Gasteiger partial charge is 0.495 e. The minimum Gasteiger partial charge on any atom is -0.495 e. The fraction of sp³-hybridized carbons (Fsp3) is 0.273. The quantitative estimate of drug-likeness (QED) is 0.441. The second-order valence-electron chi connectivity index (χ2n) is 7.04. The number of morpholine rings is 1. The molecule has 1 fully saturated rings. The molecule has 1 heterocycles. The molecule has 1 N–H and O–H groups in total. The summed E-state index contributed by atoms with van der Waals surface area (Å²) in [5.74, 6) is -3.33. The van der Waals surface area contributed by atoms with E-state index >= 15 is 0 Å². The molecule has 0 aromatic heterocycles. The maximum absolute atomic E-state index is 13.6. The second-order valence-corrected chi connectivity index (χ2v) is 8.95. The van der Waals surface area contributed by atoms with E-state index in [0.717, 1.165) is 18.2 Å². The molecule has 2 aromatic rings. The van der Waals surface area contributed by atoms with Crippen LogP contribution in [-0.4, -0.2) is 64.6 Å². The number of esters is 1. The number of carbonyl (C=O) groups is 2. The number of halogens is 2. The molecule has 3 rings (SSSR count). The van der Waals surface area contributed by atoms with Gasteiger partial charge in [-0.2, -0.15) is 4.31 Å². The van der Waals surface area contributed by atoms with Crippen LogP contribution in [0.25, 0.3) is 6.08 Å². The Morgan fingerprint density at radius 1 is 1.15 bits per heavy atom. The number of hydrogen-bond acceptors (Lipinski definition) is 7. The van der Waals surface area contributed by atoms with E-state index in [1.807, 2.05) is 0 Å². The van der Waals surface area contributed by atoms with Gasteiger partial charge in [-0.15, -0.1) is 0 Å². The number of amides is 1. The van der Waals surface area contributed by atoms with Crippen LogP contribution in [0.2, 0.25) is 0 Å². The number of carbonyl (C=O) groups excluding carboxylic acids is 2. The van der Waals surface area contributed by atoms with Gasteiger partial charge in [0.2, 0.25) is 10.0 Å². The third-order valence-electron chi connectivity index (χ3n) is 4.74. The van der Waals surface area contributed by atoms with Gasteiger partial charge in [-0.05, 0) is 35.9 Å². The van der Waals surface area contributed by atoms with Crippen molar-refractivity contribution in [2.45, 2.75) is 4.90 Å². The number of benzene rings is 2. The van der Waals surface area contributed by atoms with Crippen LogP contribution in [0.5, 0.6) is 5.75 Å². The third kappa shape index (κ3) is 6.37. The van der Waals surface area contributed by atoms with Gasteiger partial charge in [0.1, 0.15) is 22.3 Å². The van der Waals surface area contributed by atoms with E-state index in [2.05, 4.69) is 5.32 Å². The van der Waals surface area contributed by atoms with E-state index in [1.165, 1.54) is 29.6 Å². The average molecular weight is 496 g/mol.